The topological polar surface area (TPSA) is 18.5 Å². The zero-order valence-corrected chi connectivity index (χ0v) is 25.3. The summed E-state index contributed by atoms with van der Waals surface area (Å²) in [5, 5.41) is 0. The molecule has 3 aromatic carbocycles. The van der Waals surface area contributed by atoms with Crippen molar-refractivity contribution in [2.24, 2.45) is 0 Å². The van der Waals surface area contributed by atoms with Crippen LogP contribution in [0.2, 0.25) is 0 Å². The molecule has 0 spiro atoms. The van der Waals surface area contributed by atoms with Gasteiger partial charge in [-0.2, -0.15) is 0 Å². The Hall–Kier alpha value is -2.74. The van der Waals surface area contributed by atoms with E-state index in [4.69, 9.17) is 9.47 Å². The van der Waals surface area contributed by atoms with E-state index in [-0.39, 0.29) is 5.92 Å². The second-order valence-corrected chi connectivity index (χ2v) is 11.2. The Morgan fingerprint density at radius 1 is 0.475 bits per heavy atom. The first-order chi connectivity index (χ1) is 19.7. The van der Waals surface area contributed by atoms with Crippen LogP contribution in [0.3, 0.4) is 0 Å². The first kappa shape index (κ1) is 31.8. The van der Waals surface area contributed by atoms with E-state index in [1.807, 2.05) is 0 Å². The first-order valence-corrected chi connectivity index (χ1v) is 16.1. The SMILES string of the molecule is [CH2]C(c1ccc(CCc2ccc(OCCCCCCCC)cc2)cc1)c1ccc(OCCCCCCCC)cc1. The molecule has 2 nitrogen and oxygen atoms in total. The number of hydrogen-bond donors (Lipinski definition) is 0. The summed E-state index contributed by atoms with van der Waals surface area (Å²) in [5.41, 5.74) is 5.18. The van der Waals surface area contributed by atoms with Gasteiger partial charge < -0.3 is 9.47 Å². The van der Waals surface area contributed by atoms with Gasteiger partial charge in [-0.1, -0.05) is 127 Å². The van der Waals surface area contributed by atoms with Crippen molar-refractivity contribution in [2.45, 2.75) is 110 Å². The number of rotatable bonds is 21. The van der Waals surface area contributed by atoms with Crippen LogP contribution in [0.15, 0.2) is 72.8 Å². The maximum absolute atomic E-state index is 5.95. The smallest absolute Gasteiger partial charge is 0.119 e. The summed E-state index contributed by atoms with van der Waals surface area (Å²) in [4.78, 5) is 0. The highest BCUT2D eigenvalue weighted by Gasteiger charge is 2.09. The lowest BCUT2D eigenvalue weighted by Gasteiger charge is -2.14. The summed E-state index contributed by atoms with van der Waals surface area (Å²) in [6.07, 6.45) is 17.5. The van der Waals surface area contributed by atoms with Gasteiger partial charge in [-0.15, -0.1) is 0 Å². The molecule has 0 saturated heterocycles. The van der Waals surface area contributed by atoms with Gasteiger partial charge >= 0.3 is 0 Å². The molecule has 0 aliphatic rings. The van der Waals surface area contributed by atoms with E-state index in [0.717, 1.165) is 50.4 Å². The molecular weight excluding hydrogens is 488 g/mol. The molecule has 217 valence electrons. The number of unbranched alkanes of at least 4 members (excludes halogenated alkanes) is 10. The fourth-order valence-corrected chi connectivity index (χ4v) is 5.09. The van der Waals surface area contributed by atoms with Crippen LogP contribution < -0.4 is 9.47 Å². The van der Waals surface area contributed by atoms with E-state index in [0.29, 0.717) is 0 Å². The van der Waals surface area contributed by atoms with E-state index in [1.54, 1.807) is 0 Å². The molecule has 3 rings (SSSR count). The average molecular weight is 542 g/mol. The molecule has 40 heavy (non-hydrogen) atoms. The Morgan fingerprint density at radius 3 is 1.27 bits per heavy atom. The lowest BCUT2D eigenvalue weighted by Crippen LogP contribution is -2.00. The molecule has 1 unspecified atom stereocenters. The highest BCUT2D eigenvalue weighted by Crippen LogP contribution is 2.26. The quantitative estimate of drug-likeness (QED) is 0.125. The number of ether oxygens (including phenoxy) is 2. The molecule has 0 aromatic heterocycles. The van der Waals surface area contributed by atoms with Gasteiger partial charge in [0.25, 0.3) is 0 Å². The fraction of sp³-hybridized carbons (Fsp3) is 0.500. The Labute approximate surface area is 245 Å². The predicted molar refractivity (Wildman–Crippen MR) is 172 cm³/mol. The van der Waals surface area contributed by atoms with Crippen LogP contribution in [0.1, 0.15) is 119 Å². The third kappa shape index (κ3) is 12.2. The molecule has 2 heteroatoms. The van der Waals surface area contributed by atoms with Gasteiger partial charge in [-0.25, -0.2) is 0 Å². The molecule has 1 radical (unpaired) electrons. The van der Waals surface area contributed by atoms with Gasteiger partial charge in [0.05, 0.1) is 13.2 Å². The molecule has 0 heterocycles. The van der Waals surface area contributed by atoms with Crippen LogP contribution >= 0.6 is 0 Å². The summed E-state index contributed by atoms with van der Waals surface area (Å²) >= 11 is 0. The largest absolute Gasteiger partial charge is 0.494 e. The van der Waals surface area contributed by atoms with E-state index in [1.165, 1.54) is 86.5 Å². The van der Waals surface area contributed by atoms with Crippen LogP contribution in [0.4, 0.5) is 0 Å². The highest BCUT2D eigenvalue weighted by molar-refractivity contribution is 5.38. The summed E-state index contributed by atoms with van der Waals surface area (Å²) in [7, 11) is 0. The minimum Gasteiger partial charge on any atom is -0.494 e. The predicted octanol–water partition coefficient (Wildman–Crippen LogP) is 10.9. The lowest BCUT2D eigenvalue weighted by atomic mass is 9.92. The summed E-state index contributed by atoms with van der Waals surface area (Å²) in [6, 6.07) is 26.1. The average Bonchev–Trinajstić information content (AvgIpc) is 3.00. The Bertz CT molecular complexity index is 1020. The fourth-order valence-electron chi connectivity index (χ4n) is 5.09. The van der Waals surface area contributed by atoms with Crippen molar-refractivity contribution in [3.05, 3.63) is 102 Å². The normalized spacial score (nSPS) is 11.9. The standard InChI is InChI=1S/C38H53O2/c1-4-6-8-10-12-14-30-39-37-26-20-34(21-27-37)17-16-33-18-22-35(23-19-33)32(3)36-24-28-38(29-25-36)40-31-15-13-11-9-7-5-2/h18-29,32H,3-17,30-31H2,1-2H3. The van der Waals surface area contributed by atoms with Gasteiger partial charge in [0, 0.05) is 5.92 Å². The monoisotopic (exact) mass is 541 g/mol. The summed E-state index contributed by atoms with van der Waals surface area (Å²) in [5.74, 6) is 2.06. The molecule has 0 aliphatic heterocycles. The lowest BCUT2D eigenvalue weighted by molar-refractivity contribution is 0.304. The molecule has 0 bridgehead atoms. The van der Waals surface area contributed by atoms with Crippen molar-refractivity contribution in [3.63, 3.8) is 0 Å². The maximum atomic E-state index is 5.95. The highest BCUT2D eigenvalue weighted by atomic mass is 16.5. The molecular formula is C38H53O2. The number of hydrogen-bond acceptors (Lipinski definition) is 2. The maximum Gasteiger partial charge on any atom is 0.119 e. The molecule has 0 N–H and O–H groups in total. The third-order valence-corrected chi connectivity index (χ3v) is 7.82. The first-order valence-electron chi connectivity index (χ1n) is 16.1. The van der Waals surface area contributed by atoms with E-state index in [2.05, 4.69) is 93.6 Å². The van der Waals surface area contributed by atoms with E-state index >= 15 is 0 Å². The van der Waals surface area contributed by atoms with Crippen molar-refractivity contribution in [1.29, 1.82) is 0 Å². The number of benzene rings is 3. The minimum atomic E-state index is 0.116. The number of aryl methyl sites for hydroxylation is 2. The van der Waals surface area contributed by atoms with Crippen LogP contribution in [0.25, 0.3) is 0 Å². The van der Waals surface area contributed by atoms with Gasteiger partial charge in [-0.3, -0.25) is 0 Å². The summed E-state index contributed by atoms with van der Waals surface area (Å²) < 4.78 is 11.9. The van der Waals surface area contributed by atoms with Crippen LogP contribution in [0.5, 0.6) is 11.5 Å². The van der Waals surface area contributed by atoms with Gasteiger partial charge in [-0.05, 0) is 79.1 Å². The molecule has 0 saturated carbocycles. The zero-order valence-electron chi connectivity index (χ0n) is 25.3. The second-order valence-electron chi connectivity index (χ2n) is 11.2. The van der Waals surface area contributed by atoms with Gasteiger partial charge in [0.1, 0.15) is 11.5 Å². The molecule has 0 amide bonds. The molecule has 1 atom stereocenters. The van der Waals surface area contributed by atoms with E-state index in [9.17, 15) is 0 Å². The van der Waals surface area contributed by atoms with Crippen molar-refractivity contribution in [1.82, 2.24) is 0 Å². The Kier molecular flexibility index (Phi) is 15.4. The zero-order chi connectivity index (χ0) is 28.3. The Morgan fingerprint density at radius 2 is 0.825 bits per heavy atom. The van der Waals surface area contributed by atoms with Crippen molar-refractivity contribution in [2.75, 3.05) is 13.2 Å². The minimum absolute atomic E-state index is 0.116. The second kappa shape index (κ2) is 19.4. The van der Waals surface area contributed by atoms with Gasteiger partial charge in [0.15, 0.2) is 0 Å². The third-order valence-electron chi connectivity index (χ3n) is 7.82. The molecule has 0 fully saturated rings. The Balaban J connectivity index is 1.36. The molecule has 3 aromatic rings. The van der Waals surface area contributed by atoms with Gasteiger partial charge in [0.2, 0.25) is 0 Å². The summed E-state index contributed by atoms with van der Waals surface area (Å²) in [6.45, 7) is 10.6. The van der Waals surface area contributed by atoms with Crippen molar-refractivity contribution >= 4 is 0 Å². The van der Waals surface area contributed by atoms with Crippen LogP contribution in [0, 0.1) is 6.92 Å². The van der Waals surface area contributed by atoms with E-state index < -0.39 is 0 Å². The molecule has 0 aliphatic carbocycles. The van der Waals surface area contributed by atoms with Crippen molar-refractivity contribution in [3.8, 4) is 11.5 Å². The van der Waals surface area contributed by atoms with Crippen molar-refractivity contribution < 1.29 is 9.47 Å². The van der Waals surface area contributed by atoms with Crippen LogP contribution in [-0.4, -0.2) is 13.2 Å². The van der Waals surface area contributed by atoms with Crippen LogP contribution in [-0.2, 0) is 12.8 Å².